The first-order valence-corrected chi connectivity index (χ1v) is 10.3. The smallest absolute Gasteiger partial charge is 0.124 e. The number of hydrogen-bond donors (Lipinski definition) is 0. The summed E-state index contributed by atoms with van der Waals surface area (Å²) < 4.78 is 2.32. The van der Waals surface area contributed by atoms with Gasteiger partial charge in [0.1, 0.15) is 5.82 Å². The van der Waals surface area contributed by atoms with Gasteiger partial charge >= 0.3 is 0 Å². The highest BCUT2D eigenvalue weighted by molar-refractivity contribution is 5.76. The van der Waals surface area contributed by atoms with Gasteiger partial charge in [-0.2, -0.15) is 0 Å². The number of rotatable bonds is 5. The van der Waals surface area contributed by atoms with E-state index in [0.717, 1.165) is 37.3 Å². The maximum Gasteiger partial charge on any atom is 0.124 e. The number of nitrogens with zero attached hydrogens (tertiary/aromatic N) is 5. The van der Waals surface area contributed by atoms with E-state index < -0.39 is 0 Å². The van der Waals surface area contributed by atoms with Gasteiger partial charge in [0.2, 0.25) is 0 Å². The Kier molecular flexibility index (Phi) is 4.82. The quantitative estimate of drug-likeness (QED) is 0.513. The molecule has 4 aromatic rings. The van der Waals surface area contributed by atoms with E-state index in [9.17, 15) is 0 Å². The molecule has 0 saturated heterocycles. The van der Waals surface area contributed by atoms with Crippen molar-refractivity contribution in [2.45, 2.75) is 38.4 Å². The predicted octanol–water partition coefficient (Wildman–Crippen LogP) is 4.38. The Morgan fingerprint density at radius 3 is 2.86 bits per heavy atom. The summed E-state index contributed by atoms with van der Waals surface area (Å²) in [5.41, 5.74) is 6.02. The van der Waals surface area contributed by atoms with Crippen LogP contribution >= 0.6 is 0 Å². The number of para-hydroxylation sites is 2. The first-order chi connectivity index (χ1) is 14.3. The van der Waals surface area contributed by atoms with Crippen molar-refractivity contribution in [3.63, 3.8) is 0 Å². The Labute approximate surface area is 171 Å². The van der Waals surface area contributed by atoms with Crippen molar-refractivity contribution >= 4 is 11.0 Å². The molecule has 0 aliphatic heterocycles. The Morgan fingerprint density at radius 1 is 1.07 bits per heavy atom. The molecule has 1 atom stereocenters. The third kappa shape index (κ3) is 3.54. The minimum Gasteiger partial charge on any atom is -0.322 e. The molecule has 5 heteroatoms. The fourth-order valence-electron chi connectivity index (χ4n) is 4.44. The van der Waals surface area contributed by atoms with Gasteiger partial charge in [0.25, 0.3) is 0 Å². The molecular formula is C24H25N5. The maximum absolute atomic E-state index is 4.98. The molecule has 0 saturated carbocycles. The number of benzene rings is 1. The highest BCUT2D eigenvalue weighted by Gasteiger charge is 2.26. The second kappa shape index (κ2) is 7.76. The van der Waals surface area contributed by atoms with Gasteiger partial charge in [0.15, 0.2) is 0 Å². The molecule has 29 heavy (non-hydrogen) atoms. The Balaban J connectivity index is 1.48. The number of pyridine rings is 2. The van der Waals surface area contributed by atoms with E-state index >= 15 is 0 Å². The molecule has 1 aliphatic carbocycles. The van der Waals surface area contributed by atoms with Gasteiger partial charge in [0, 0.05) is 18.6 Å². The van der Waals surface area contributed by atoms with Crippen molar-refractivity contribution in [2.24, 2.45) is 0 Å². The van der Waals surface area contributed by atoms with Crippen LogP contribution in [0, 0.1) is 0 Å². The van der Waals surface area contributed by atoms with Gasteiger partial charge in [-0.1, -0.05) is 24.3 Å². The van der Waals surface area contributed by atoms with Gasteiger partial charge in [-0.15, -0.1) is 0 Å². The average molecular weight is 383 g/mol. The molecule has 0 radical (unpaired) electrons. The van der Waals surface area contributed by atoms with Gasteiger partial charge in [-0.25, -0.2) is 4.98 Å². The van der Waals surface area contributed by atoms with Crippen LogP contribution in [-0.2, 0) is 19.5 Å². The molecule has 5 rings (SSSR count). The average Bonchev–Trinajstić information content (AvgIpc) is 3.11. The number of aromatic nitrogens is 4. The van der Waals surface area contributed by atoms with Crippen molar-refractivity contribution in [1.82, 2.24) is 24.4 Å². The zero-order chi connectivity index (χ0) is 19.6. The third-order valence-electron chi connectivity index (χ3n) is 5.89. The molecule has 1 unspecified atom stereocenters. The Bertz CT molecular complexity index is 1120. The minimum absolute atomic E-state index is 0.339. The molecule has 5 nitrogen and oxygen atoms in total. The lowest BCUT2D eigenvalue weighted by Crippen LogP contribution is -2.29. The van der Waals surface area contributed by atoms with Gasteiger partial charge < -0.3 is 4.57 Å². The molecule has 3 aromatic heterocycles. The molecule has 0 spiro atoms. The van der Waals surface area contributed by atoms with Gasteiger partial charge in [0.05, 0.1) is 35.9 Å². The Hall–Kier alpha value is -3.05. The fraction of sp³-hybridized carbons (Fsp3) is 0.292. The van der Waals surface area contributed by atoms with Crippen LogP contribution in [0.5, 0.6) is 0 Å². The lowest BCUT2D eigenvalue weighted by atomic mass is 9.91. The molecule has 1 aliphatic rings. The van der Waals surface area contributed by atoms with E-state index in [4.69, 9.17) is 9.97 Å². The first kappa shape index (κ1) is 18.0. The van der Waals surface area contributed by atoms with Crippen LogP contribution < -0.4 is 0 Å². The predicted molar refractivity (Wildman–Crippen MR) is 114 cm³/mol. The summed E-state index contributed by atoms with van der Waals surface area (Å²) >= 11 is 0. The maximum atomic E-state index is 4.98. The topological polar surface area (TPSA) is 46.8 Å². The summed E-state index contributed by atoms with van der Waals surface area (Å²) in [6.07, 6.45) is 9.15. The summed E-state index contributed by atoms with van der Waals surface area (Å²) in [5, 5.41) is 0. The van der Waals surface area contributed by atoms with Crippen LogP contribution in [0.3, 0.4) is 0 Å². The second-order valence-electron chi connectivity index (χ2n) is 7.84. The molecule has 3 heterocycles. The lowest BCUT2D eigenvalue weighted by Gasteiger charge is -2.32. The second-order valence-corrected chi connectivity index (χ2v) is 7.84. The fourth-order valence-corrected chi connectivity index (χ4v) is 4.44. The van der Waals surface area contributed by atoms with Crippen LogP contribution in [-0.4, -0.2) is 31.5 Å². The summed E-state index contributed by atoms with van der Waals surface area (Å²) in [7, 11) is 2.20. The number of imidazole rings is 1. The van der Waals surface area contributed by atoms with Crippen LogP contribution in [0.4, 0.5) is 0 Å². The zero-order valence-electron chi connectivity index (χ0n) is 16.7. The summed E-state index contributed by atoms with van der Waals surface area (Å²) in [6, 6.07) is 17.1. The largest absolute Gasteiger partial charge is 0.322 e. The molecule has 0 bridgehead atoms. The van der Waals surface area contributed by atoms with E-state index in [0.29, 0.717) is 6.04 Å². The van der Waals surface area contributed by atoms with Crippen LogP contribution in [0.25, 0.3) is 11.0 Å². The monoisotopic (exact) mass is 383 g/mol. The Morgan fingerprint density at radius 2 is 1.97 bits per heavy atom. The van der Waals surface area contributed by atoms with E-state index in [-0.39, 0.29) is 0 Å². The van der Waals surface area contributed by atoms with E-state index in [1.807, 2.05) is 24.7 Å². The summed E-state index contributed by atoms with van der Waals surface area (Å²) in [5.74, 6) is 1.08. The zero-order valence-corrected chi connectivity index (χ0v) is 16.7. The molecule has 0 N–H and O–H groups in total. The van der Waals surface area contributed by atoms with Crippen molar-refractivity contribution in [3.05, 3.63) is 89.8 Å². The van der Waals surface area contributed by atoms with E-state index in [2.05, 4.69) is 64.0 Å². The van der Waals surface area contributed by atoms with E-state index in [1.54, 1.807) is 0 Å². The number of hydrogen-bond acceptors (Lipinski definition) is 4. The summed E-state index contributed by atoms with van der Waals surface area (Å²) in [4.78, 5) is 16.4. The first-order valence-electron chi connectivity index (χ1n) is 10.3. The number of fused-ring (bicyclic) bond motifs is 2. The van der Waals surface area contributed by atoms with Crippen molar-refractivity contribution in [2.75, 3.05) is 7.05 Å². The van der Waals surface area contributed by atoms with Crippen LogP contribution in [0.1, 0.15) is 41.5 Å². The highest BCUT2D eigenvalue weighted by atomic mass is 15.2. The van der Waals surface area contributed by atoms with Crippen molar-refractivity contribution in [3.8, 4) is 0 Å². The van der Waals surface area contributed by atoms with Crippen LogP contribution in [0.2, 0.25) is 0 Å². The van der Waals surface area contributed by atoms with Crippen molar-refractivity contribution < 1.29 is 0 Å². The van der Waals surface area contributed by atoms with Gasteiger partial charge in [-0.3, -0.25) is 14.9 Å². The SMILES string of the molecule is CN(Cc1nc2ccccc2n1Cc1cccnc1)C1CCCc2cccnc21. The van der Waals surface area contributed by atoms with Gasteiger partial charge in [-0.05, 0) is 61.7 Å². The standard InChI is InChI=1S/C24H25N5/c1-28(22-12-4-8-19-9-6-14-26-24(19)22)17-23-27-20-10-2-3-11-21(20)29(23)16-18-7-5-13-25-15-18/h2-3,5-7,9-11,13-15,22H,4,8,12,16-17H2,1H3. The van der Waals surface area contributed by atoms with Crippen molar-refractivity contribution in [1.29, 1.82) is 0 Å². The molecule has 0 fully saturated rings. The molecule has 146 valence electrons. The van der Waals surface area contributed by atoms with Crippen LogP contribution in [0.15, 0.2) is 67.1 Å². The third-order valence-corrected chi connectivity index (χ3v) is 5.89. The lowest BCUT2D eigenvalue weighted by molar-refractivity contribution is 0.202. The molecular weight excluding hydrogens is 358 g/mol. The minimum atomic E-state index is 0.339. The molecule has 0 amide bonds. The molecule has 1 aromatic carbocycles. The summed E-state index contributed by atoms with van der Waals surface area (Å²) in [6.45, 7) is 1.56. The number of aryl methyl sites for hydroxylation is 1. The normalized spacial score (nSPS) is 16.3. The van der Waals surface area contributed by atoms with E-state index in [1.165, 1.54) is 28.8 Å². The highest BCUT2D eigenvalue weighted by Crippen LogP contribution is 2.33.